The zero-order valence-electron chi connectivity index (χ0n) is 11.5. The number of carbonyl (C=O) groups excluding carboxylic acids is 1. The normalized spacial score (nSPS) is 17.1. The Morgan fingerprint density at radius 3 is 2.35 bits per heavy atom. The molecule has 0 rings (SSSR count). The molecular formula is C13H26N2O2. The van der Waals surface area contributed by atoms with Crippen LogP contribution in [-0.4, -0.2) is 36.2 Å². The molecule has 0 saturated carbocycles. The third-order valence-corrected chi connectivity index (χ3v) is 2.69. The first-order chi connectivity index (χ1) is 7.93. The summed E-state index contributed by atoms with van der Waals surface area (Å²) < 4.78 is 0. The summed E-state index contributed by atoms with van der Waals surface area (Å²) in [5.41, 5.74) is 0. The molecule has 4 nitrogen and oxygen atoms in total. The average molecular weight is 242 g/mol. The molecule has 3 N–H and O–H groups in total. The van der Waals surface area contributed by atoms with Gasteiger partial charge in [0.05, 0.1) is 6.10 Å². The van der Waals surface area contributed by atoms with Crippen molar-refractivity contribution < 1.29 is 9.90 Å². The fourth-order valence-electron chi connectivity index (χ4n) is 1.65. The van der Waals surface area contributed by atoms with E-state index < -0.39 is 12.1 Å². The van der Waals surface area contributed by atoms with Crippen LogP contribution in [0.25, 0.3) is 0 Å². The fourth-order valence-corrected chi connectivity index (χ4v) is 1.65. The predicted molar refractivity (Wildman–Crippen MR) is 70.7 cm³/mol. The molecule has 0 aliphatic rings. The monoisotopic (exact) mass is 242 g/mol. The van der Waals surface area contributed by atoms with Crippen LogP contribution in [0.2, 0.25) is 0 Å². The minimum Gasteiger partial charge on any atom is -0.391 e. The number of aliphatic hydroxyl groups excluding tert-OH is 1. The van der Waals surface area contributed by atoms with Crippen LogP contribution >= 0.6 is 0 Å². The molecule has 0 spiro atoms. The van der Waals surface area contributed by atoms with E-state index in [0.717, 1.165) is 6.42 Å². The third-order valence-electron chi connectivity index (χ3n) is 2.69. The maximum absolute atomic E-state index is 11.9. The van der Waals surface area contributed by atoms with E-state index in [-0.39, 0.29) is 17.9 Å². The van der Waals surface area contributed by atoms with E-state index in [4.69, 9.17) is 0 Å². The SMILES string of the molecule is C/C=C/C[C@@H](C)[C@@H](O)[C@H](NC)C(=O)NC(C)C. The molecule has 0 aromatic rings. The first kappa shape index (κ1) is 16.1. The van der Waals surface area contributed by atoms with Crippen LogP contribution in [0.15, 0.2) is 12.2 Å². The number of allylic oxidation sites excluding steroid dienone is 2. The zero-order chi connectivity index (χ0) is 13.4. The quantitative estimate of drug-likeness (QED) is 0.585. The van der Waals surface area contributed by atoms with Crippen LogP contribution in [-0.2, 0) is 4.79 Å². The standard InChI is InChI=1S/C13H26N2O2/c1-6-7-8-10(4)12(16)11(14-5)13(17)15-9(2)3/h6-7,9-12,14,16H,8H2,1-5H3,(H,15,17)/b7-6+/t10-,11+,12-/m1/s1. The third kappa shape index (κ3) is 5.84. The lowest BCUT2D eigenvalue weighted by atomic mass is 9.94. The number of carbonyl (C=O) groups is 1. The minimum absolute atomic E-state index is 0.0431. The predicted octanol–water partition coefficient (Wildman–Crippen LogP) is 1.06. The number of nitrogens with one attached hydrogen (secondary N) is 2. The summed E-state index contributed by atoms with van der Waals surface area (Å²) in [7, 11) is 1.69. The summed E-state index contributed by atoms with van der Waals surface area (Å²) in [6.07, 6.45) is 4.03. The number of amides is 1. The molecule has 0 heterocycles. The Balaban J connectivity index is 4.47. The van der Waals surface area contributed by atoms with E-state index in [9.17, 15) is 9.90 Å². The van der Waals surface area contributed by atoms with Gasteiger partial charge in [0.15, 0.2) is 0 Å². The number of hydrogen-bond donors (Lipinski definition) is 3. The lowest BCUT2D eigenvalue weighted by Gasteiger charge is -2.26. The largest absolute Gasteiger partial charge is 0.391 e. The van der Waals surface area contributed by atoms with Crippen molar-refractivity contribution in [2.24, 2.45) is 5.92 Å². The molecule has 0 saturated heterocycles. The van der Waals surface area contributed by atoms with Gasteiger partial charge in [0.1, 0.15) is 6.04 Å². The molecule has 3 atom stereocenters. The maximum Gasteiger partial charge on any atom is 0.240 e. The molecule has 0 aliphatic heterocycles. The molecule has 0 radical (unpaired) electrons. The van der Waals surface area contributed by atoms with Gasteiger partial charge in [0.25, 0.3) is 0 Å². The fraction of sp³-hybridized carbons (Fsp3) is 0.769. The minimum atomic E-state index is -0.685. The van der Waals surface area contributed by atoms with Crippen molar-refractivity contribution in [3.05, 3.63) is 12.2 Å². The van der Waals surface area contributed by atoms with Crippen molar-refractivity contribution in [1.29, 1.82) is 0 Å². The summed E-state index contributed by atoms with van der Waals surface area (Å²) in [5.74, 6) is -0.108. The molecule has 0 unspecified atom stereocenters. The molecule has 100 valence electrons. The summed E-state index contributed by atoms with van der Waals surface area (Å²) in [4.78, 5) is 11.9. The number of likely N-dealkylation sites (N-methyl/N-ethyl adjacent to an activating group) is 1. The molecular weight excluding hydrogens is 216 g/mol. The van der Waals surface area contributed by atoms with Crippen molar-refractivity contribution in [3.63, 3.8) is 0 Å². The highest BCUT2D eigenvalue weighted by molar-refractivity contribution is 5.82. The van der Waals surface area contributed by atoms with Gasteiger partial charge in [-0.2, -0.15) is 0 Å². The van der Waals surface area contributed by atoms with Crippen molar-refractivity contribution in [2.45, 2.75) is 52.3 Å². The van der Waals surface area contributed by atoms with Gasteiger partial charge in [0.2, 0.25) is 5.91 Å². The number of hydrogen-bond acceptors (Lipinski definition) is 3. The Kier molecular flexibility index (Phi) is 7.83. The van der Waals surface area contributed by atoms with Crippen molar-refractivity contribution in [3.8, 4) is 0 Å². The van der Waals surface area contributed by atoms with Crippen LogP contribution in [0.1, 0.15) is 34.1 Å². The van der Waals surface area contributed by atoms with Gasteiger partial charge >= 0.3 is 0 Å². The van der Waals surface area contributed by atoms with Gasteiger partial charge in [-0.05, 0) is 40.2 Å². The first-order valence-electron chi connectivity index (χ1n) is 6.20. The van der Waals surface area contributed by atoms with Gasteiger partial charge in [-0.3, -0.25) is 4.79 Å². The van der Waals surface area contributed by atoms with E-state index in [2.05, 4.69) is 10.6 Å². The molecule has 1 amide bonds. The molecule has 0 aliphatic carbocycles. The van der Waals surface area contributed by atoms with Crippen LogP contribution in [0.3, 0.4) is 0 Å². The summed E-state index contributed by atoms with van der Waals surface area (Å²) in [6, 6.07) is -0.478. The molecule has 17 heavy (non-hydrogen) atoms. The van der Waals surface area contributed by atoms with Gasteiger partial charge in [0, 0.05) is 6.04 Å². The molecule has 0 aromatic heterocycles. The van der Waals surface area contributed by atoms with E-state index >= 15 is 0 Å². The highest BCUT2D eigenvalue weighted by Crippen LogP contribution is 2.12. The van der Waals surface area contributed by atoms with E-state index in [1.807, 2.05) is 39.8 Å². The van der Waals surface area contributed by atoms with Gasteiger partial charge in [-0.15, -0.1) is 0 Å². The second-order valence-electron chi connectivity index (χ2n) is 4.70. The lowest BCUT2D eigenvalue weighted by Crippen LogP contribution is -2.53. The number of rotatable bonds is 7. The van der Waals surface area contributed by atoms with E-state index in [1.54, 1.807) is 7.05 Å². The van der Waals surface area contributed by atoms with Crippen LogP contribution < -0.4 is 10.6 Å². The Morgan fingerprint density at radius 2 is 1.94 bits per heavy atom. The molecule has 0 fully saturated rings. The Hall–Kier alpha value is -0.870. The van der Waals surface area contributed by atoms with Gasteiger partial charge in [-0.1, -0.05) is 19.1 Å². The van der Waals surface area contributed by atoms with Crippen LogP contribution in [0, 0.1) is 5.92 Å². The van der Waals surface area contributed by atoms with Gasteiger partial charge < -0.3 is 15.7 Å². The second kappa shape index (κ2) is 8.25. The summed E-state index contributed by atoms with van der Waals surface area (Å²) in [5, 5.41) is 15.8. The molecule has 4 heteroatoms. The number of aliphatic hydroxyl groups is 1. The van der Waals surface area contributed by atoms with E-state index in [1.165, 1.54) is 0 Å². The Morgan fingerprint density at radius 1 is 1.35 bits per heavy atom. The second-order valence-corrected chi connectivity index (χ2v) is 4.70. The molecule has 0 bridgehead atoms. The Labute approximate surface area is 104 Å². The van der Waals surface area contributed by atoms with Crippen molar-refractivity contribution >= 4 is 5.91 Å². The van der Waals surface area contributed by atoms with Crippen molar-refractivity contribution in [1.82, 2.24) is 10.6 Å². The van der Waals surface area contributed by atoms with Gasteiger partial charge in [-0.25, -0.2) is 0 Å². The first-order valence-corrected chi connectivity index (χ1v) is 6.20. The van der Waals surface area contributed by atoms with Crippen LogP contribution in [0.4, 0.5) is 0 Å². The Bertz CT molecular complexity index is 252. The average Bonchev–Trinajstić information content (AvgIpc) is 2.25. The highest BCUT2D eigenvalue weighted by Gasteiger charge is 2.29. The van der Waals surface area contributed by atoms with Crippen molar-refractivity contribution in [2.75, 3.05) is 7.05 Å². The zero-order valence-corrected chi connectivity index (χ0v) is 11.5. The summed E-state index contributed by atoms with van der Waals surface area (Å²) >= 11 is 0. The molecule has 0 aromatic carbocycles. The topological polar surface area (TPSA) is 61.4 Å². The summed E-state index contributed by atoms with van der Waals surface area (Å²) in [6.45, 7) is 7.69. The smallest absolute Gasteiger partial charge is 0.240 e. The van der Waals surface area contributed by atoms with Crippen LogP contribution in [0.5, 0.6) is 0 Å². The highest BCUT2D eigenvalue weighted by atomic mass is 16.3. The van der Waals surface area contributed by atoms with E-state index in [0.29, 0.717) is 0 Å². The maximum atomic E-state index is 11.9. The lowest BCUT2D eigenvalue weighted by molar-refractivity contribution is -0.127.